The van der Waals surface area contributed by atoms with Gasteiger partial charge in [-0.2, -0.15) is 0 Å². The quantitative estimate of drug-likeness (QED) is 0.241. The highest BCUT2D eigenvalue weighted by Crippen LogP contribution is 2.33. The number of primary amides is 1. The second-order valence-electron chi connectivity index (χ2n) is 9.48. The monoisotopic (exact) mass is 535 g/mol. The number of nitrogens with two attached hydrogens (primary N) is 2. The Morgan fingerprint density at radius 1 is 0.975 bits per heavy atom. The third kappa shape index (κ3) is 5.19. The highest BCUT2D eigenvalue weighted by Gasteiger charge is 2.33. The molecule has 0 unspecified atom stereocenters. The maximum atomic E-state index is 13.0. The molecular formula is C30H29N7O3. The van der Waals surface area contributed by atoms with Gasteiger partial charge >= 0.3 is 0 Å². The van der Waals surface area contributed by atoms with E-state index in [1.54, 1.807) is 35.4 Å². The van der Waals surface area contributed by atoms with Crippen molar-refractivity contribution in [3.05, 3.63) is 103 Å². The normalized spacial score (nSPS) is 14.9. The van der Waals surface area contributed by atoms with E-state index in [2.05, 4.69) is 21.9 Å². The van der Waals surface area contributed by atoms with Crippen LogP contribution in [0.3, 0.4) is 0 Å². The first-order chi connectivity index (χ1) is 19.4. The van der Waals surface area contributed by atoms with Crippen LogP contribution in [0.2, 0.25) is 0 Å². The van der Waals surface area contributed by atoms with Gasteiger partial charge in [-0.05, 0) is 60.7 Å². The van der Waals surface area contributed by atoms with Gasteiger partial charge in [0.15, 0.2) is 11.5 Å². The molecule has 1 fully saturated rings. The van der Waals surface area contributed by atoms with Gasteiger partial charge in [-0.15, -0.1) is 0 Å². The lowest BCUT2D eigenvalue weighted by Gasteiger charge is -2.34. The van der Waals surface area contributed by atoms with Crippen LogP contribution in [-0.2, 0) is 4.79 Å². The lowest BCUT2D eigenvalue weighted by atomic mass is 10.0. The molecule has 3 heterocycles. The number of amides is 3. The van der Waals surface area contributed by atoms with Crippen molar-refractivity contribution in [3.8, 4) is 22.4 Å². The molecule has 1 atom stereocenters. The van der Waals surface area contributed by atoms with E-state index in [1.807, 2.05) is 42.5 Å². The molecule has 1 saturated heterocycles. The number of pyridine rings is 1. The topological polar surface area (TPSA) is 149 Å². The molecular weight excluding hydrogens is 506 g/mol. The summed E-state index contributed by atoms with van der Waals surface area (Å²) >= 11 is 0. The zero-order valence-corrected chi connectivity index (χ0v) is 21.8. The van der Waals surface area contributed by atoms with Crippen molar-refractivity contribution in [1.29, 1.82) is 0 Å². The van der Waals surface area contributed by atoms with Crippen LogP contribution in [-0.4, -0.2) is 43.8 Å². The molecule has 40 heavy (non-hydrogen) atoms. The van der Waals surface area contributed by atoms with E-state index in [-0.39, 0.29) is 23.2 Å². The average molecular weight is 536 g/mol. The van der Waals surface area contributed by atoms with Crippen molar-refractivity contribution in [2.24, 2.45) is 5.73 Å². The van der Waals surface area contributed by atoms with Crippen LogP contribution >= 0.6 is 0 Å². The van der Waals surface area contributed by atoms with Gasteiger partial charge in [-0.3, -0.25) is 14.4 Å². The number of anilines is 1. The highest BCUT2D eigenvalue weighted by atomic mass is 16.2. The molecule has 1 aliphatic heterocycles. The third-order valence-electron chi connectivity index (χ3n) is 6.96. The Balaban J connectivity index is 1.40. The number of benzene rings is 2. The van der Waals surface area contributed by atoms with Gasteiger partial charge in [0.1, 0.15) is 11.5 Å². The van der Waals surface area contributed by atoms with Crippen molar-refractivity contribution < 1.29 is 14.4 Å². The number of carbonyl (C=O) groups excluding carboxylic acids is 3. The summed E-state index contributed by atoms with van der Waals surface area (Å²) in [7, 11) is 0. The van der Waals surface area contributed by atoms with Crippen molar-refractivity contribution >= 4 is 23.5 Å². The van der Waals surface area contributed by atoms with Crippen LogP contribution in [0.1, 0.15) is 52.0 Å². The molecule has 2 aromatic heterocycles. The minimum absolute atomic E-state index is 0.0192. The summed E-state index contributed by atoms with van der Waals surface area (Å²) < 4.78 is 1.17. The molecule has 1 aliphatic rings. The first kappa shape index (κ1) is 26.4. The Bertz CT molecular complexity index is 1580. The number of nitrogens with one attached hydrogen (secondary N) is 1. The Labute approximate surface area is 231 Å². The van der Waals surface area contributed by atoms with E-state index in [0.29, 0.717) is 35.7 Å². The van der Waals surface area contributed by atoms with Crippen molar-refractivity contribution in [2.45, 2.75) is 25.3 Å². The molecule has 2 aromatic carbocycles. The SMILES string of the molecule is C=CC(=O)N1CCCC[C@H]1c1nc(-c2ccc(C(=O)Nc3cc(-c4ccccc4)ccn3)cc2)c(C(N)=O)n1N. The van der Waals surface area contributed by atoms with E-state index in [9.17, 15) is 14.4 Å². The lowest BCUT2D eigenvalue weighted by Crippen LogP contribution is -2.39. The maximum Gasteiger partial charge on any atom is 0.269 e. The zero-order chi connectivity index (χ0) is 28.2. The zero-order valence-electron chi connectivity index (χ0n) is 21.8. The van der Waals surface area contributed by atoms with E-state index >= 15 is 0 Å². The standard InChI is InChI=1S/C30H29N7O3/c1-2-25(38)36-17-7-6-10-23(36)29-35-26(27(28(31)39)37(29)32)20-11-13-21(14-12-20)30(40)34-24-18-22(15-16-33-24)19-8-4-3-5-9-19/h2-5,8-9,11-16,18,23H,1,6-7,10,17,32H2,(H2,31,39)(H,33,34,40)/t23-/m0/s1. The predicted molar refractivity (Wildman–Crippen MR) is 152 cm³/mol. The van der Waals surface area contributed by atoms with Gasteiger partial charge in [-0.25, -0.2) is 14.6 Å². The number of nitrogens with zero attached hydrogens (tertiary/aromatic N) is 4. The lowest BCUT2D eigenvalue weighted by molar-refractivity contribution is -0.129. The largest absolute Gasteiger partial charge is 0.364 e. The number of imidazole rings is 1. The van der Waals surface area contributed by atoms with Gasteiger partial charge < -0.3 is 21.8 Å². The van der Waals surface area contributed by atoms with Gasteiger partial charge in [0, 0.05) is 23.9 Å². The smallest absolute Gasteiger partial charge is 0.269 e. The van der Waals surface area contributed by atoms with E-state index in [0.717, 1.165) is 24.0 Å². The number of carbonyl (C=O) groups is 3. The molecule has 202 valence electrons. The van der Waals surface area contributed by atoms with Crippen LogP contribution in [0, 0.1) is 0 Å². The van der Waals surface area contributed by atoms with Gasteiger partial charge in [0.25, 0.3) is 11.8 Å². The predicted octanol–water partition coefficient (Wildman–Crippen LogP) is 3.92. The third-order valence-corrected chi connectivity index (χ3v) is 6.96. The summed E-state index contributed by atoms with van der Waals surface area (Å²) in [5, 5.41) is 2.82. The number of piperidine rings is 1. The van der Waals surface area contributed by atoms with Crippen LogP contribution in [0.4, 0.5) is 5.82 Å². The fourth-order valence-electron chi connectivity index (χ4n) is 4.98. The Morgan fingerprint density at radius 3 is 2.42 bits per heavy atom. The molecule has 0 saturated carbocycles. The molecule has 5 N–H and O–H groups in total. The average Bonchev–Trinajstić information content (AvgIpc) is 3.34. The molecule has 0 spiro atoms. The highest BCUT2D eigenvalue weighted by molar-refractivity contribution is 6.04. The summed E-state index contributed by atoms with van der Waals surface area (Å²) in [6.07, 6.45) is 5.28. The molecule has 4 aromatic rings. The molecule has 3 amide bonds. The first-order valence-corrected chi connectivity index (χ1v) is 12.9. The number of nitrogen functional groups attached to an aromatic ring is 1. The van der Waals surface area contributed by atoms with Crippen LogP contribution < -0.4 is 16.9 Å². The molecule has 5 rings (SSSR count). The molecule has 10 heteroatoms. The van der Waals surface area contributed by atoms with Gasteiger partial charge in [0.2, 0.25) is 5.91 Å². The summed E-state index contributed by atoms with van der Waals surface area (Å²) in [4.78, 5) is 48.4. The Hall–Kier alpha value is -5.25. The fourth-order valence-corrected chi connectivity index (χ4v) is 4.98. The minimum atomic E-state index is -0.750. The van der Waals surface area contributed by atoms with Crippen molar-refractivity contribution in [1.82, 2.24) is 19.5 Å². The number of aromatic nitrogens is 3. The number of likely N-dealkylation sites (tertiary alicyclic amines) is 1. The molecule has 0 bridgehead atoms. The second-order valence-corrected chi connectivity index (χ2v) is 9.48. The number of rotatable bonds is 7. The van der Waals surface area contributed by atoms with Crippen molar-refractivity contribution in [3.63, 3.8) is 0 Å². The van der Waals surface area contributed by atoms with E-state index in [1.165, 1.54) is 10.8 Å². The molecule has 0 aliphatic carbocycles. The second kappa shape index (κ2) is 11.2. The summed E-state index contributed by atoms with van der Waals surface area (Å²) in [6, 6.07) is 19.7. The maximum absolute atomic E-state index is 13.0. The van der Waals surface area contributed by atoms with Crippen LogP contribution in [0.5, 0.6) is 0 Å². The van der Waals surface area contributed by atoms with Crippen LogP contribution in [0.25, 0.3) is 22.4 Å². The molecule has 0 radical (unpaired) electrons. The number of hydrogen-bond acceptors (Lipinski definition) is 6. The van der Waals surface area contributed by atoms with Crippen LogP contribution in [0.15, 0.2) is 85.6 Å². The summed E-state index contributed by atoms with van der Waals surface area (Å²) in [5.41, 5.74) is 8.87. The minimum Gasteiger partial charge on any atom is -0.364 e. The van der Waals surface area contributed by atoms with E-state index < -0.39 is 11.9 Å². The Morgan fingerprint density at radius 2 is 1.73 bits per heavy atom. The first-order valence-electron chi connectivity index (χ1n) is 12.9. The van der Waals surface area contributed by atoms with Gasteiger partial charge in [0.05, 0.1) is 6.04 Å². The fraction of sp³-hybridized carbons (Fsp3) is 0.167. The number of hydrogen-bond donors (Lipinski definition) is 3. The Kier molecular flexibility index (Phi) is 7.41. The summed E-state index contributed by atoms with van der Waals surface area (Å²) in [5.74, 6) is 5.78. The van der Waals surface area contributed by atoms with E-state index in [4.69, 9.17) is 11.6 Å². The van der Waals surface area contributed by atoms with Gasteiger partial charge in [-0.1, -0.05) is 49.0 Å². The molecule has 10 nitrogen and oxygen atoms in total. The van der Waals surface area contributed by atoms with Crippen molar-refractivity contribution in [2.75, 3.05) is 17.7 Å². The summed E-state index contributed by atoms with van der Waals surface area (Å²) in [6.45, 7) is 4.13.